The fourth-order valence-electron chi connectivity index (χ4n) is 2.10. The van der Waals surface area contributed by atoms with Crippen LogP contribution in [0.3, 0.4) is 0 Å². The minimum Gasteiger partial charge on any atom is -0.366 e. The Kier molecular flexibility index (Phi) is 3.74. The molecule has 20 heavy (non-hydrogen) atoms. The van der Waals surface area contributed by atoms with Gasteiger partial charge in [-0.3, -0.25) is 14.5 Å². The first-order valence-electron chi connectivity index (χ1n) is 6.40. The van der Waals surface area contributed by atoms with Crippen LogP contribution in [0.25, 0.3) is 0 Å². The van der Waals surface area contributed by atoms with Crippen molar-refractivity contribution in [3.63, 3.8) is 0 Å². The van der Waals surface area contributed by atoms with Gasteiger partial charge in [0.15, 0.2) is 0 Å². The quantitative estimate of drug-likeness (QED) is 0.798. The van der Waals surface area contributed by atoms with Gasteiger partial charge in [-0.25, -0.2) is 4.79 Å². The maximum atomic E-state index is 12.1. The number of carbonyl (C=O) groups excluding carboxylic acids is 3. The molecule has 1 atom stereocenters. The van der Waals surface area contributed by atoms with Crippen LogP contribution in [0.15, 0.2) is 24.3 Å². The number of rotatable bonds is 4. The fraction of sp³-hybridized carbons (Fsp3) is 0.357. The minimum atomic E-state index is -0.508. The number of nitrogens with zero attached hydrogens (tertiary/aromatic N) is 1. The number of nitrogens with one attached hydrogen (secondary N) is 1. The third-order valence-electron chi connectivity index (χ3n) is 3.30. The number of primary amides is 1. The Morgan fingerprint density at radius 1 is 1.30 bits per heavy atom. The van der Waals surface area contributed by atoms with E-state index in [9.17, 15) is 14.4 Å². The van der Waals surface area contributed by atoms with Crippen molar-refractivity contribution in [1.82, 2.24) is 10.2 Å². The van der Waals surface area contributed by atoms with Gasteiger partial charge in [0.2, 0.25) is 5.91 Å². The number of hydrogen-bond donors (Lipinski definition) is 2. The molecular formula is C14H17N3O3. The van der Waals surface area contributed by atoms with Gasteiger partial charge in [-0.2, -0.15) is 0 Å². The maximum Gasteiger partial charge on any atom is 0.325 e. The molecule has 2 rings (SSSR count). The van der Waals surface area contributed by atoms with Crippen LogP contribution in [0.2, 0.25) is 0 Å². The van der Waals surface area contributed by atoms with Crippen LogP contribution in [-0.4, -0.2) is 28.8 Å². The molecule has 6 nitrogen and oxygen atoms in total. The van der Waals surface area contributed by atoms with E-state index in [2.05, 4.69) is 5.32 Å². The molecule has 0 saturated carbocycles. The zero-order valence-corrected chi connectivity index (χ0v) is 11.4. The summed E-state index contributed by atoms with van der Waals surface area (Å²) in [6.07, 6.45) is 0. The van der Waals surface area contributed by atoms with E-state index in [0.717, 1.165) is 5.56 Å². The van der Waals surface area contributed by atoms with Crippen molar-refractivity contribution in [3.05, 3.63) is 35.4 Å². The molecule has 6 heteroatoms. The Morgan fingerprint density at radius 2 is 1.90 bits per heavy atom. The van der Waals surface area contributed by atoms with Crippen molar-refractivity contribution in [2.24, 2.45) is 11.7 Å². The highest BCUT2D eigenvalue weighted by Gasteiger charge is 2.39. The highest BCUT2D eigenvalue weighted by molar-refractivity contribution is 6.04. The fourth-order valence-corrected chi connectivity index (χ4v) is 2.10. The maximum absolute atomic E-state index is 12.1. The second-order valence-electron chi connectivity index (χ2n) is 5.16. The van der Waals surface area contributed by atoms with Crippen LogP contribution in [0.1, 0.15) is 29.8 Å². The van der Waals surface area contributed by atoms with Crippen molar-refractivity contribution in [2.45, 2.75) is 26.4 Å². The molecule has 0 aliphatic carbocycles. The summed E-state index contributed by atoms with van der Waals surface area (Å²) in [4.78, 5) is 36.1. The Labute approximate surface area is 116 Å². The topological polar surface area (TPSA) is 92.5 Å². The number of hydrogen-bond acceptors (Lipinski definition) is 3. The molecule has 0 aromatic heterocycles. The van der Waals surface area contributed by atoms with Crippen molar-refractivity contribution < 1.29 is 14.4 Å². The normalized spacial score (nSPS) is 18.6. The van der Waals surface area contributed by atoms with Crippen LogP contribution < -0.4 is 11.1 Å². The van der Waals surface area contributed by atoms with E-state index in [1.165, 1.54) is 4.90 Å². The molecule has 1 aliphatic rings. The van der Waals surface area contributed by atoms with Gasteiger partial charge in [-0.15, -0.1) is 0 Å². The van der Waals surface area contributed by atoms with Gasteiger partial charge in [0.25, 0.3) is 5.91 Å². The van der Waals surface area contributed by atoms with Gasteiger partial charge < -0.3 is 11.1 Å². The molecule has 0 bridgehead atoms. The van der Waals surface area contributed by atoms with Gasteiger partial charge >= 0.3 is 6.03 Å². The van der Waals surface area contributed by atoms with Gasteiger partial charge in [0.05, 0.1) is 6.54 Å². The summed E-state index contributed by atoms with van der Waals surface area (Å²) < 4.78 is 0. The standard InChI is InChI=1S/C14H17N3O3/c1-8(2)11-13(19)17(14(20)16-11)7-9-3-5-10(6-4-9)12(15)18/h3-6,8,11H,7H2,1-2H3,(H2,15,18)(H,16,20)/t11-/m1/s1. The average molecular weight is 275 g/mol. The predicted octanol–water partition coefficient (Wildman–Crippen LogP) is 0.862. The lowest BCUT2D eigenvalue weighted by atomic mass is 10.0. The molecule has 1 aromatic carbocycles. The largest absolute Gasteiger partial charge is 0.366 e. The van der Waals surface area contributed by atoms with E-state index in [-0.39, 0.29) is 24.4 Å². The van der Waals surface area contributed by atoms with Gasteiger partial charge in [0, 0.05) is 5.56 Å². The molecule has 1 saturated heterocycles. The number of nitrogens with two attached hydrogens (primary N) is 1. The molecule has 3 N–H and O–H groups in total. The SMILES string of the molecule is CC(C)[C@H]1NC(=O)N(Cc2ccc(C(N)=O)cc2)C1=O. The van der Waals surface area contributed by atoms with Crippen LogP contribution in [0, 0.1) is 5.92 Å². The van der Waals surface area contributed by atoms with Crippen LogP contribution in [0.5, 0.6) is 0 Å². The molecule has 4 amide bonds. The van der Waals surface area contributed by atoms with E-state index < -0.39 is 11.9 Å². The molecule has 1 heterocycles. The molecule has 1 aromatic rings. The summed E-state index contributed by atoms with van der Waals surface area (Å²) in [6, 6.07) is 5.68. The minimum absolute atomic E-state index is 0.0497. The summed E-state index contributed by atoms with van der Waals surface area (Å²) in [5.74, 6) is -0.677. The molecule has 0 spiro atoms. The lowest BCUT2D eigenvalue weighted by Gasteiger charge is -2.14. The lowest BCUT2D eigenvalue weighted by molar-refractivity contribution is -0.128. The Hall–Kier alpha value is -2.37. The predicted molar refractivity (Wildman–Crippen MR) is 72.7 cm³/mol. The number of amides is 4. The highest BCUT2D eigenvalue weighted by atomic mass is 16.2. The van der Waals surface area contributed by atoms with E-state index in [4.69, 9.17) is 5.73 Å². The zero-order valence-electron chi connectivity index (χ0n) is 11.4. The summed E-state index contributed by atoms with van der Waals surface area (Å²) >= 11 is 0. The molecule has 106 valence electrons. The van der Waals surface area contributed by atoms with E-state index >= 15 is 0 Å². The number of urea groups is 1. The second kappa shape index (κ2) is 5.32. The molecule has 0 radical (unpaired) electrons. The number of benzene rings is 1. The third-order valence-corrected chi connectivity index (χ3v) is 3.30. The van der Waals surface area contributed by atoms with Gasteiger partial charge in [-0.05, 0) is 23.6 Å². The smallest absolute Gasteiger partial charge is 0.325 e. The number of carbonyl (C=O) groups is 3. The van der Waals surface area contributed by atoms with E-state index in [1.54, 1.807) is 24.3 Å². The van der Waals surface area contributed by atoms with Crippen LogP contribution in [-0.2, 0) is 11.3 Å². The first-order valence-corrected chi connectivity index (χ1v) is 6.40. The Morgan fingerprint density at radius 3 is 2.35 bits per heavy atom. The zero-order chi connectivity index (χ0) is 14.9. The van der Waals surface area contributed by atoms with E-state index in [0.29, 0.717) is 5.56 Å². The summed E-state index contributed by atoms with van der Waals surface area (Å²) in [5.41, 5.74) is 6.32. The highest BCUT2D eigenvalue weighted by Crippen LogP contribution is 2.17. The Bertz CT molecular complexity index is 551. The lowest BCUT2D eigenvalue weighted by Crippen LogP contribution is -2.34. The molecule has 0 unspecified atom stereocenters. The average Bonchev–Trinajstić information content (AvgIpc) is 2.67. The first kappa shape index (κ1) is 14.0. The third kappa shape index (κ3) is 2.64. The van der Waals surface area contributed by atoms with Crippen molar-refractivity contribution in [3.8, 4) is 0 Å². The van der Waals surface area contributed by atoms with Crippen molar-refractivity contribution >= 4 is 17.8 Å². The first-order chi connectivity index (χ1) is 9.40. The molecule has 1 fully saturated rings. The van der Waals surface area contributed by atoms with Crippen molar-refractivity contribution in [1.29, 1.82) is 0 Å². The van der Waals surface area contributed by atoms with Gasteiger partial charge in [-0.1, -0.05) is 26.0 Å². The van der Waals surface area contributed by atoms with E-state index in [1.807, 2.05) is 13.8 Å². The molecule has 1 aliphatic heterocycles. The van der Waals surface area contributed by atoms with Gasteiger partial charge in [0.1, 0.15) is 6.04 Å². The van der Waals surface area contributed by atoms with Crippen molar-refractivity contribution in [2.75, 3.05) is 0 Å². The summed E-state index contributed by atoms with van der Waals surface area (Å²) in [7, 11) is 0. The van der Waals surface area contributed by atoms with Crippen LogP contribution >= 0.6 is 0 Å². The van der Waals surface area contributed by atoms with Crippen LogP contribution in [0.4, 0.5) is 4.79 Å². The monoisotopic (exact) mass is 275 g/mol. The second-order valence-corrected chi connectivity index (χ2v) is 5.16. The molecular weight excluding hydrogens is 258 g/mol. The number of imide groups is 1. The summed E-state index contributed by atoms with van der Waals surface area (Å²) in [6.45, 7) is 3.95. The Balaban J connectivity index is 2.12. The summed E-state index contributed by atoms with van der Waals surface area (Å²) in [5, 5.41) is 2.67.